The van der Waals surface area contributed by atoms with Gasteiger partial charge in [0.2, 0.25) is 15.9 Å². The Bertz CT molecular complexity index is 1030. The molecule has 0 bridgehead atoms. The van der Waals surface area contributed by atoms with Gasteiger partial charge in [0.25, 0.3) is 0 Å². The van der Waals surface area contributed by atoms with Crippen molar-refractivity contribution in [1.29, 1.82) is 0 Å². The fourth-order valence-corrected chi connectivity index (χ4v) is 5.37. The van der Waals surface area contributed by atoms with Crippen molar-refractivity contribution >= 4 is 21.9 Å². The minimum Gasteiger partial charge on any atom is -0.459 e. The predicted octanol–water partition coefficient (Wildman–Crippen LogP) is 3.26. The van der Waals surface area contributed by atoms with Crippen molar-refractivity contribution in [1.82, 2.24) is 9.62 Å². The number of nitrogens with zero attached hydrogens (tertiary/aromatic N) is 1. The molecule has 33 heavy (non-hydrogen) atoms. The first-order chi connectivity index (χ1) is 15.7. The van der Waals surface area contributed by atoms with E-state index in [9.17, 15) is 18.0 Å². The molecule has 0 aliphatic carbocycles. The first kappa shape index (κ1) is 24.9. The number of sulfonamides is 1. The van der Waals surface area contributed by atoms with Gasteiger partial charge in [-0.3, -0.25) is 4.79 Å². The number of hydrogen-bond acceptors (Lipinski definition) is 5. The van der Waals surface area contributed by atoms with E-state index in [4.69, 9.17) is 4.74 Å². The van der Waals surface area contributed by atoms with Crippen LogP contribution in [0.15, 0.2) is 60.7 Å². The number of likely N-dealkylation sites (tertiary alicyclic amines) is 1. The highest BCUT2D eigenvalue weighted by Gasteiger charge is 2.39. The minimum atomic E-state index is -3.75. The number of carbonyl (C=O) groups is 2. The largest absolute Gasteiger partial charge is 0.459 e. The van der Waals surface area contributed by atoms with Crippen LogP contribution in [0.25, 0.3) is 0 Å². The van der Waals surface area contributed by atoms with Crippen LogP contribution in [-0.2, 0) is 36.7 Å². The van der Waals surface area contributed by atoms with Gasteiger partial charge in [0.15, 0.2) is 0 Å². The zero-order chi connectivity index (χ0) is 23.8. The maximum Gasteiger partial charge on any atom is 0.329 e. The molecule has 0 aromatic heterocycles. The molecular weight excluding hydrogens is 440 g/mol. The second-order valence-corrected chi connectivity index (χ2v) is 10.6. The van der Waals surface area contributed by atoms with Crippen molar-refractivity contribution in [3.63, 3.8) is 0 Å². The number of ether oxygens (including phenoxy) is 1. The van der Waals surface area contributed by atoms with E-state index in [0.717, 1.165) is 5.56 Å². The van der Waals surface area contributed by atoms with E-state index in [0.29, 0.717) is 31.4 Å². The Labute approximate surface area is 196 Å². The Morgan fingerprint density at radius 2 is 1.64 bits per heavy atom. The number of hydrogen-bond donors (Lipinski definition) is 1. The van der Waals surface area contributed by atoms with Gasteiger partial charge in [-0.1, -0.05) is 74.5 Å². The molecule has 1 N–H and O–H groups in total. The normalized spacial score (nSPS) is 17.2. The van der Waals surface area contributed by atoms with Crippen LogP contribution < -0.4 is 4.72 Å². The van der Waals surface area contributed by atoms with Crippen molar-refractivity contribution in [2.75, 3.05) is 6.54 Å². The highest BCUT2D eigenvalue weighted by Crippen LogP contribution is 2.22. The lowest BCUT2D eigenvalue weighted by Crippen LogP contribution is -2.52. The number of nitrogens with one attached hydrogen (secondary N) is 1. The zero-order valence-corrected chi connectivity index (χ0v) is 20.0. The summed E-state index contributed by atoms with van der Waals surface area (Å²) in [5.41, 5.74) is 1.51. The van der Waals surface area contributed by atoms with Crippen molar-refractivity contribution in [3.05, 3.63) is 71.8 Å². The molecule has 2 aromatic carbocycles. The van der Waals surface area contributed by atoms with E-state index in [-0.39, 0.29) is 24.2 Å². The summed E-state index contributed by atoms with van der Waals surface area (Å²) in [6.07, 6.45) is 1.52. The van der Waals surface area contributed by atoms with Gasteiger partial charge in [-0.15, -0.1) is 0 Å². The van der Waals surface area contributed by atoms with Crippen LogP contribution in [0.2, 0.25) is 0 Å². The van der Waals surface area contributed by atoms with Crippen LogP contribution in [-0.4, -0.2) is 43.8 Å². The van der Waals surface area contributed by atoms with Gasteiger partial charge in [-0.25, -0.2) is 17.9 Å². The molecule has 1 aliphatic rings. The SMILES string of the molecule is CC(C)CC(NS(=O)(=O)Cc1ccccc1)C(=O)N1CCC[C@H]1C(=O)OCc1ccccc1. The van der Waals surface area contributed by atoms with Gasteiger partial charge in [0.05, 0.1) is 5.75 Å². The standard InChI is InChI=1S/C25H32N2O5S/c1-19(2)16-22(26-33(30,31)18-21-12-7-4-8-13-21)24(28)27-15-9-14-23(27)25(29)32-17-20-10-5-3-6-11-20/h3-8,10-13,19,22-23,26H,9,14-18H2,1-2H3/t22?,23-/m0/s1. The molecule has 7 nitrogen and oxygen atoms in total. The highest BCUT2D eigenvalue weighted by molar-refractivity contribution is 7.88. The summed E-state index contributed by atoms with van der Waals surface area (Å²) in [6, 6.07) is 16.6. The maximum absolute atomic E-state index is 13.4. The van der Waals surface area contributed by atoms with Crippen LogP contribution in [0.1, 0.15) is 44.2 Å². The van der Waals surface area contributed by atoms with E-state index in [2.05, 4.69) is 4.72 Å². The Morgan fingerprint density at radius 1 is 1.03 bits per heavy atom. The van der Waals surface area contributed by atoms with Gasteiger partial charge in [-0.2, -0.15) is 0 Å². The minimum absolute atomic E-state index is 0.0875. The summed E-state index contributed by atoms with van der Waals surface area (Å²) in [5.74, 6) is -0.956. The molecule has 0 saturated carbocycles. The first-order valence-corrected chi connectivity index (χ1v) is 13.0. The Balaban J connectivity index is 1.68. The molecule has 8 heteroatoms. The molecule has 1 saturated heterocycles. The second kappa shape index (κ2) is 11.4. The molecule has 1 unspecified atom stereocenters. The van der Waals surface area contributed by atoms with Crippen molar-refractivity contribution in [2.24, 2.45) is 5.92 Å². The summed E-state index contributed by atoms with van der Waals surface area (Å²) < 4.78 is 33.7. The molecule has 3 rings (SSSR count). The van der Waals surface area contributed by atoms with Gasteiger partial charge in [0.1, 0.15) is 18.7 Å². The third-order valence-corrected chi connectivity index (χ3v) is 6.92. The predicted molar refractivity (Wildman–Crippen MR) is 126 cm³/mol. The van der Waals surface area contributed by atoms with E-state index >= 15 is 0 Å². The molecule has 2 aromatic rings. The second-order valence-electron chi connectivity index (χ2n) is 8.83. The van der Waals surface area contributed by atoms with Crippen molar-refractivity contribution in [3.8, 4) is 0 Å². The van der Waals surface area contributed by atoms with Crippen LogP contribution in [0.3, 0.4) is 0 Å². The summed E-state index contributed by atoms with van der Waals surface area (Å²) in [4.78, 5) is 27.6. The first-order valence-electron chi connectivity index (χ1n) is 11.3. The lowest BCUT2D eigenvalue weighted by atomic mass is 10.0. The Kier molecular flexibility index (Phi) is 8.63. The van der Waals surface area contributed by atoms with Crippen molar-refractivity contribution < 1.29 is 22.7 Å². The summed E-state index contributed by atoms with van der Waals surface area (Å²) >= 11 is 0. The van der Waals surface area contributed by atoms with Crippen LogP contribution in [0.4, 0.5) is 0 Å². The average molecular weight is 473 g/mol. The third-order valence-electron chi connectivity index (χ3n) is 5.56. The summed E-state index contributed by atoms with van der Waals surface area (Å²) in [5, 5.41) is 0. The molecule has 1 heterocycles. The van der Waals surface area contributed by atoms with Gasteiger partial charge < -0.3 is 9.64 Å². The molecule has 0 radical (unpaired) electrons. The fourth-order valence-electron chi connectivity index (χ4n) is 4.02. The zero-order valence-electron chi connectivity index (χ0n) is 19.1. The summed E-state index contributed by atoms with van der Waals surface area (Å²) in [7, 11) is -3.75. The number of carbonyl (C=O) groups excluding carboxylic acids is 2. The van der Waals surface area contributed by atoms with E-state index in [1.54, 1.807) is 24.3 Å². The molecule has 178 valence electrons. The molecule has 0 spiro atoms. The monoisotopic (exact) mass is 472 g/mol. The molecule has 1 amide bonds. The number of rotatable bonds is 10. The van der Waals surface area contributed by atoms with Crippen LogP contribution >= 0.6 is 0 Å². The van der Waals surface area contributed by atoms with Gasteiger partial charge in [-0.05, 0) is 36.3 Å². The lowest BCUT2D eigenvalue weighted by Gasteiger charge is -2.29. The van der Waals surface area contributed by atoms with E-state index < -0.39 is 28.1 Å². The number of benzene rings is 2. The number of esters is 1. The fraction of sp³-hybridized carbons (Fsp3) is 0.440. The molecule has 2 atom stereocenters. The molecular formula is C25H32N2O5S. The van der Waals surface area contributed by atoms with Crippen LogP contribution in [0, 0.1) is 5.92 Å². The third kappa shape index (κ3) is 7.40. The van der Waals surface area contributed by atoms with Crippen molar-refractivity contribution in [2.45, 2.75) is 57.6 Å². The van der Waals surface area contributed by atoms with E-state index in [1.807, 2.05) is 50.2 Å². The number of amides is 1. The smallest absolute Gasteiger partial charge is 0.329 e. The topological polar surface area (TPSA) is 92.8 Å². The lowest BCUT2D eigenvalue weighted by molar-refractivity contribution is -0.155. The molecule has 1 aliphatic heterocycles. The van der Waals surface area contributed by atoms with Gasteiger partial charge in [0, 0.05) is 6.54 Å². The maximum atomic E-state index is 13.4. The Hall–Kier alpha value is -2.71. The quantitative estimate of drug-likeness (QED) is 0.536. The average Bonchev–Trinajstić information content (AvgIpc) is 3.27. The van der Waals surface area contributed by atoms with E-state index in [1.165, 1.54) is 4.90 Å². The highest BCUT2D eigenvalue weighted by atomic mass is 32.2. The van der Waals surface area contributed by atoms with Crippen LogP contribution in [0.5, 0.6) is 0 Å². The van der Waals surface area contributed by atoms with Gasteiger partial charge >= 0.3 is 5.97 Å². The Morgan fingerprint density at radius 3 is 2.24 bits per heavy atom. The summed E-state index contributed by atoms with van der Waals surface area (Å²) in [6.45, 7) is 4.40. The molecule has 1 fully saturated rings.